The molecule has 1 fully saturated rings. The van der Waals surface area contributed by atoms with Gasteiger partial charge in [0.1, 0.15) is 0 Å². The molecular weight excluding hydrogens is 226 g/mol. The molecule has 0 aromatic carbocycles. The Labute approximate surface area is 111 Å². The molecule has 1 saturated heterocycles. The van der Waals surface area contributed by atoms with Crippen molar-refractivity contribution < 1.29 is 4.79 Å². The Hall–Kier alpha value is -0.610. The number of amides is 1. The number of carbonyl (C=O) groups is 1. The molecule has 4 heteroatoms. The minimum atomic E-state index is 0.165. The van der Waals surface area contributed by atoms with Crippen molar-refractivity contribution in [2.75, 3.05) is 32.7 Å². The summed E-state index contributed by atoms with van der Waals surface area (Å²) in [5.74, 6) is 1.31. The third-order valence-corrected chi connectivity index (χ3v) is 3.53. The SMILES string of the molecule is CCNC1CCN(CC(=O)NCC(C)C)CC1C. The summed E-state index contributed by atoms with van der Waals surface area (Å²) in [5, 5.41) is 6.51. The summed E-state index contributed by atoms with van der Waals surface area (Å²) >= 11 is 0. The van der Waals surface area contributed by atoms with E-state index in [-0.39, 0.29) is 5.91 Å². The van der Waals surface area contributed by atoms with Crippen molar-refractivity contribution in [3.63, 3.8) is 0 Å². The number of carbonyl (C=O) groups excluding carboxylic acids is 1. The van der Waals surface area contributed by atoms with Crippen molar-refractivity contribution in [2.24, 2.45) is 11.8 Å². The summed E-state index contributed by atoms with van der Waals surface area (Å²) in [6.45, 7) is 13.1. The number of likely N-dealkylation sites (tertiary alicyclic amines) is 1. The van der Waals surface area contributed by atoms with Crippen LogP contribution in [0.4, 0.5) is 0 Å². The molecule has 0 spiro atoms. The Kier molecular flexibility index (Phi) is 6.65. The van der Waals surface area contributed by atoms with Crippen LogP contribution in [0.15, 0.2) is 0 Å². The quantitative estimate of drug-likeness (QED) is 0.746. The molecule has 0 aromatic rings. The first kappa shape index (κ1) is 15.4. The van der Waals surface area contributed by atoms with Gasteiger partial charge in [-0.3, -0.25) is 9.69 Å². The summed E-state index contributed by atoms with van der Waals surface area (Å²) in [4.78, 5) is 14.0. The highest BCUT2D eigenvalue weighted by Crippen LogP contribution is 2.16. The van der Waals surface area contributed by atoms with Crippen molar-refractivity contribution in [3.05, 3.63) is 0 Å². The third-order valence-electron chi connectivity index (χ3n) is 3.53. The summed E-state index contributed by atoms with van der Waals surface area (Å²) in [5.41, 5.74) is 0. The molecule has 18 heavy (non-hydrogen) atoms. The number of piperidine rings is 1. The fourth-order valence-electron chi connectivity index (χ4n) is 2.52. The normalized spacial score (nSPS) is 25.4. The van der Waals surface area contributed by atoms with Gasteiger partial charge in [0.05, 0.1) is 6.54 Å². The summed E-state index contributed by atoms with van der Waals surface area (Å²) < 4.78 is 0. The molecule has 1 aliphatic rings. The van der Waals surface area contributed by atoms with Crippen LogP contribution < -0.4 is 10.6 Å². The minimum absolute atomic E-state index is 0.165. The van der Waals surface area contributed by atoms with Crippen molar-refractivity contribution in [1.29, 1.82) is 0 Å². The Balaban J connectivity index is 2.26. The standard InChI is InChI=1S/C14H29N3O/c1-5-15-13-6-7-17(9-12(13)4)10-14(18)16-8-11(2)3/h11-13,15H,5-10H2,1-4H3,(H,16,18). The van der Waals surface area contributed by atoms with Crippen LogP contribution in [-0.4, -0.2) is 49.6 Å². The van der Waals surface area contributed by atoms with Gasteiger partial charge in [-0.25, -0.2) is 0 Å². The van der Waals surface area contributed by atoms with Gasteiger partial charge in [0.2, 0.25) is 5.91 Å². The number of rotatable bonds is 6. The van der Waals surface area contributed by atoms with Crippen LogP contribution in [0.5, 0.6) is 0 Å². The highest BCUT2D eigenvalue weighted by Gasteiger charge is 2.26. The van der Waals surface area contributed by atoms with Gasteiger partial charge in [-0.15, -0.1) is 0 Å². The van der Waals surface area contributed by atoms with Crippen LogP contribution in [0.3, 0.4) is 0 Å². The van der Waals surface area contributed by atoms with E-state index in [1.807, 2.05) is 0 Å². The van der Waals surface area contributed by atoms with E-state index >= 15 is 0 Å². The van der Waals surface area contributed by atoms with Crippen LogP contribution in [-0.2, 0) is 4.79 Å². The van der Waals surface area contributed by atoms with E-state index in [1.54, 1.807) is 0 Å². The first-order valence-corrected chi connectivity index (χ1v) is 7.25. The van der Waals surface area contributed by atoms with Crippen molar-refractivity contribution >= 4 is 5.91 Å². The van der Waals surface area contributed by atoms with Crippen LogP contribution in [0.1, 0.15) is 34.1 Å². The largest absolute Gasteiger partial charge is 0.355 e. The van der Waals surface area contributed by atoms with Gasteiger partial charge in [0.15, 0.2) is 0 Å². The number of nitrogens with zero attached hydrogens (tertiary/aromatic N) is 1. The molecule has 1 heterocycles. The van der Waals surface area contributed by atoms with E-state index < -0.39 is 0 Å². The van der Waals surface area contributed by atoms with E-state index in [4.69, 9.17) is 0 Å². The van der Waals surface area contributed by atoms with Gasteiger partial charge >= 0.3 is 0 Å². The van der Waals surface area contributed by atoms with Gasteiger partial charge in [-0.1, -0.05) is 27.7 Å². The maximum atomic E-state index is 11.8. The number of nitrogens with one attached hydrogen (secondary N) is 2. The predicted molar refractivity (Wildman–Crippen MR) is 75.5 cm³/mol. The molecule has 1 amide bonds. The molecule has 2 N–H and O–H groups in total. The number of hydrogen-bond acceptors (Lipinski definition) is 3. The fraction of sp³-hybridized carbons (Fsp3) is 0.929. The van der Waals surface area contributed by atoms with E-state index in [1.165, 1.54) is 0 Å². The second kappa shape index (κ2) is 7.74. The van der Waals surface area contributed by atoms with E-state index in [2.05, 4.69) is 43.2 Å². The number of hydrogen-bond donors (Lipinski definition) is 2. The lowest BCUT2D eigenvalue weighted by atomic mass is 9.94. The third kappa shape index (κ3) is 5.36. The van der Waals surface area contributed by atoms with Gasteiger partial charge in [-0.05, 0) is 24.8 Å². The van der Waals surface area contributed by atoms with Gasteiger partial charge in [0.25, 0.3) is 0 Å². The molecule has 0 radical (unpaired) electrons. The molecule has 0 bridgehead atoms. The van der Waals surface area contributed by atoms with Crippen LogP contribution in [0, 0.1) is 11.8 Å². The minimum Gasteiger partial charge on any atom is -0.355 e. The lowest BCUT2D eigenvalue weighted by Crippen LogP contribution is -2.50. The molecule has 2 unspecified atom stereocenters. The lowest BCUT2D eigenvalue weighted by Gasteiger charge is -2.36. The molecule has 0 aliphatic carbocycles. The molecule has 0 aromatic heterocycles. The molecule has 0 saturated carbocycles. The van der Waals surface area contributed by atoms with Gasteiger partial charge < -0.3 is 10.6 Å². The average molecular weight is 255 g/mol. The maximum absolute atomic E-state index is 11.8. The van der Waals surface area contributed by atoms with Crippen LogP contribution in [0.2, 0.25) is 0 Å². The average Bonchev–Trinajstić information content (AvgIpc) is 2.30. The van der Waals surface area contributed by atoms with Crippen LogP contribution >= 0.6 is 0 Å². The lowest BCUT2D eigenvalue weighted by molar-refractivity contribution is -0.122. The van der Waals surface area contributed by atoms with Gasteiger partial charge in [-0.2, -0.15) is 0 Å². The molecule has 4 nitrogen and oxygen atoms in total. The smallest absolute Gasteiger partial charge is 0.234 e. The first-order chi connectivity index (χ1) is 8.52. The summed E-state index contributed by atoms with van der Waals surface area (Å²) in [6, 6.07) is 0.616. The monoisotopic (exact) mass is 255 g/mol. The first-order valence-electron chi connectivity index (χ1n) is 7.25. The molecule has 1 aliphatic heterocycles. The molecular formula is C14H29N3O. The van der Waals surface area contributed by atoms with Crippen LogP contribution in [0.25, 0.3) is 0 Å². The van der Waals surface area contributed by atoms with E-state index in [0.717, 1.165) is 32.6 Å². The van der Waals surface area contributed by atoms with Crippen molar-refractivity contribution in [1.82, 2.24) is 15.5 Å². The zero-order valence-corrected chi connectivity index (χ0v) is 12.3. The Morgan fingerprint density at radius 1 is 1.44 bits per heavy atom. The Bertz CT molecular complexity index is 255. The second-order valence-electron chi connectivity index (χ2n) is 5.86. The van der Waals surface area contributed by atoms with Gasteiger partial charge in [0, 0.05) is 25.7 Å². The highest BCUT2D eigenvalue weighted by atomic mass is 16.2. The van der Waals surface area contributed by atoms with E-state index in [9.17, 15) is 4.79 Å². The van der Waals surface area contributed by atoms with Crippen molar-refractivity contribution in [3.8, 4) is 0 Å². The topological polar surface area (TPSA) is 44.4 Å². The molecule has 2 atom stereocenters. The van der Waals surface area contributed by atoms with E-state index in [0.29, 0.717) is 24.4 Å². The maximum Gasteiger partial charge on any atom is 0.234 e. The Morgan fingerprint density at radius 2 is 2.17 bits per heavy atom. The van der Waals surface area contributed by atoms with Crippen molar-refractivity contribution in [2.45, 2.75) is 40.2 Å². The Morgan fingerprint density at radius 3 is 2.72 bits per heavy atom. The molecule has 1 rings (SSSR count). The zero-order chi connectivity index (χ0) is 13.5. The highest BCUT2D eigenvalue weighted by molar-refractivity contribution is 5.78. The predicted octanol–water partition coefficient (Wildman–Crippen LogP) is 1.08. The summed E-state index contributed by atoms with van der Waals surface area (Å²) in [6.07, 6.45) is 1.15. The zero-order valence-electron chi connectivity index (χ0n) is 12.3. The second-order valence-corrected chi connectivity index (χ2v) is 5.86. The summed E-state index contributed by atoms with van der Waals surface area (Å²) in [7, 11) is 0. The fourth-order valence-corrected chi connectivity index (χ4v) is 2.52. The molecule has 106 valence electrons.